The van der Waals surface area contributed by atoms with Gasteiger partial charge in [-0.15, -0.1) is 0 Å². The first kappa shape index (κ1) is 11.0. The van der Waals surface area contributed by atoms with Crippen LogP contribution in [0.15, 0.2) is 36.4 Å². The van der Waals surface area contributed by atoms with E-state index in [1.165, 1.54) is 11.1 Å². The number of rotatable bonds is 2. The molecule has 0 saturated heterocycles. The lowest BCUT2D eigenvalue weighted by atomic mass is 9.86. The second-order valence-electron chi connectivity index (χ2n) is 4.62. The fraction of sp³-hybridized carbons (Fsp3) is 0.357. The molecule has 1 radical (unpaired) electrons. The second-order valence-corrected chi connectivity index (χ2v) is 4.62. The molecule has 14 heavy (non-hydrogen) atoms. The van der Waals surface area contributed by atoms with Gasteiger partial charge in [-0.3, -0.25) is 0 Å². The van der Waals surface area contributed by atoms with Crippen LogP contribution in [0.4, 0.5) is 0 Å². The van der Waals surface area contributed by atoms with Crippen LogP contribution in [0.25, 0.3) is 0 Å². The molecule has 0 spiro atoms. The van der Waals surface area contributed by atoms with Gasteiger partial charge < -0.3 is 0 Å². The van der Waals surface area contributed by atoms with Crippen molar-refractivity contribution in [1.29, 1.82) is 0 Å². The zero-order valence-corrected chi connectivity index (χ0v) is 9.38. The predicted octanol–water partition coefficient (Wildman–Crippen LogP) is 3.92. The van der Waals surface area contributed by atoms with Crippen molar-refractivity contribution in [3.8, 4) is 0 Å². The lowest BCUT2D eigenvalue weighted by molar-refractivity contribution is 0.590. The van der Waals surface area contributed by atoms with E-state index in [9.17, 15) is 0 Å². The van der Waals surface area contributed by atoms with Crippen LogP contribution in [0.5, 0.6) is 0 Å². The Kier molecular flexibility index (Phi) is 3.51. The van der Waals surface area contributed by atoms with Gasteiger partial charge in [-0.05, 0) is 29.9 Å². The predicted molar refractivity (Wildman–Crippen MR) is 63.3 cm³/mol. The van der Waals surface area contributed by atoms with Crippen LogP contribution in [-0.4, -0.2) is 0 Å². The van der Waals surface area contributed by atoms with Gasteiger partial charge >= 0.3 is 0 Å². The first-order valence-electron chi connectivity index (χ1n) is 5.07. The number of hydrogen-bond donors (Lipinski definition) is 0. The van der Waals surface area contributed by atoms with Crippen molar-refractivity contribution in [1.82, 2.24) is 0 Å². The molecular formula is C14H19. The first-order chi connectivity index (χ1) is 6.54. The summed E-state index contributed by atoms with van der Waals surface area (Å²) in [6.07, 6.45) is 4.90. The number of benzene rings is 1. The Labute approximate surface area is 87.7 Å². The van der Waals surface area contributed by atoms with E-state index < -0.39 is 0 Å². The summed E-state index contributed by atoms with van der Waals surface area (Å²) in [6.45, 7) is 10.4. The molecule has 0 bridgehead atoms. The highest BCUT2D eigenvalue weighted by molar-refractivity contribution is 5.28. The lowest BCUT2D eigenvalue weighted by Crippen LogP contribution is -2.10. The molecule has 0 aliphatic rings. The van der Waals surface area contributed by atoms with Crippen molar-refractivity contribution in [2.75, 3.05) is 0 Å². The Morgan fingerprint density at radius 3 is 2.14 bits per heavy atom. The Morgan fingerprint density at radius 1 is 1.14 bits per heavy atom. The molecule has 0 atom stereocenters. The fourth-order valence-corrected chi connectivity index (χ4v) is 1.36. The highest BCUT2D eigenvalue weighted by atomic mass is 14.2. The van der Waals surface area contributed by atoms with Crippen LogP contribution in [0, 0.1) is 6.92 Å². The van der Waals surface area contributed by atoms with Gasteiger partial charge in [0.2, 0.25) is 0 Å². The molecule has 0 aromatic heterocycles. The molecule has 0 nitrogen and oxygen atoms in total. The molecule has 0 fully saturated rings. The molecule has 1 aromatic carbocycles. The van der Waals surface area contributed by atoms with Crippen LogP contribution in [0.1, 0.15) is 31.9 Å². The smallest absolute Gasteiger partial charge is 0.00975 e. The summed E-state index contributed by atoms with van der Waals surface area (Å²) in [5.41, 5.74) is 2.98. The molecule has 1 aromatic rings. The summed E-state index contributed by atoms with van der Waals surface area (Å²) in [5.74, 6) is 0. The summed E-state index contributed by atoms with van der Waals surface area (Å²) < 4.78 is 0. The minimum absolute atomic E-state index is 0.251. The quantitative estimate of drug-likeness (QED) is 0.658. The fourth-order valence-electron chi connectivity index (χ4n) is 1.36. The van der Waals surface area contributed by atoms with Crippen LogP contribution in [0.3, 0.4) is 0 Å². The summed E-state index contributed by atoms with van der Waals surface area (Å²) >= 11 is 0. The highest BCUT2D eigenvalue weighted by Crippen LogP contribution is 2.22. The minimum Gasteiger partial charge on any atom is -0.0879 e. The van der Waals surface area contributed by atoms with Gasteiger partial charge in [-0.2, -0.15) is 0 Å². The molecule has 0 N–H and O–H groups in total. The van der Waals surface area contributed by atoms with Crippen LogP contribution in [0.2, 0.25) is 0 Å². The van der Waals surface area contributed by atoms with E-state index in [0.717, 1.165) is 6.42 Å². The van der Waals surface area contributed by atoms with E-state index in [1.807, 2.05) is 6.08 Å². The molecule has 0 amide bonds. The summed E-state index contributed by atoms with van der Waals surface area (Å²) in [4.78, 5) is 0. The summed E-state index contributed by atoms with van der Waals surface area (Å²) in [5, 5.41) is 0. The van der Waals surface area contributed by atoms with Crippen LogP contribution >= 0.6 is 0 Å². The molecule has 0 saturated carbocycles. The van der Waals surface area contributed by atoms with E-state index in [2.05, 4.69) is 58.0 Å². The largest absolute Gasteiger partial charge is 0.0879 e. The van der Waals surface area contributed by atoms with Crippen LogP contribution < -0.4 is 0 Å². The van der Waals surface area contributed by atoms with Gasteiger partial charge in [-0.1, -0.05) is 57.2 Å². The lowest BCUT2D eigenvalue weighted by Gasteiger charge is -2.18. The minimum atomic E-state index is 0.251. The normalized spacial score (nSPS) is 12.3. The molecule has 0 aliphatic heterocycles. The molecule has 0 unspecified atom stereocenters. The molecule has 0 heteroatoms. The molecular weight excluding hydrogens is 168 g/mol. The molecule has 75 valence electrons. The van der Waals surface area contributed by atoms with Gasteiger partial charge in [0.05, 0.1) is 0 Å². The van der Waals surface area contributed by atoms with E-state index in [1.54, 1.807) is 0 Å². The van der Waals surface area contributed by atoms with Gasteiger partial charge in [0, 0.05) is 0 Å². The summed E-state index contributed by atoms with van der Waals surface area (Å²) in [7, 11) is 0. The van der Waals surface area contributed by atoms with Gasteiger partial charge in [0.15, 0.2) is 0 Å². The maximum Gasteiger partial charge on any atom is -0.00975 e. The van der Waals surface area contributed by atoms with Crippen molar-refractivity contribution < 1.29 is 0 Å². The topological polar surface area (TPSA) is 0 Å². The summed E-state index contributed by atoms with van der Waals surface area (Å²) in [6, 6.07) is 8.82. The second kappa shape index (κ2) is 4.45. The first-order valence-corrected chi connectivity index (χ1v) is 5.07. The van der Waals surface area contributed by atoms with Crippen molar-refractivity contribution in [3.63, 3.8) is 0 Å². The van der Waals surface area contributed by atoms with Crippen LogP contribution in [-0.2, 0) is 11.8 Å². The van der Waals surface area contributed by atoms with Gasteiger partial charge in [0.1, 0.15) is 0 Å². The zero-order valence-electron chi connectivity index (χ0n) is 9.38. The number of hydrogen-bond acceptors (Lipinski definition) is 0. The third-order valence-corrected chi connectivity index (χ3v) is 2.34. The third-order valence-electron chi connectivity index (χ3n) is 2.34. The molecule has 1 rings (SSSR count). The average molecular weight is 187 g/mol. The monoisotopic (exact) mass is 187 g/mol. The molecule has 0 aliphatic carbocycles. The number of allylic oxidation sites excluding steroid dienone is 2. The van der Waals surface area contributed by atoms with Gasteiger partial charge in [0.25, 0.3) is 0 Å². The van der Waals surface area contributed by atoms with Crippen molar-refractivity contribution >= 4 is 0 Å². The SMILES string of the molecule is [CH2]/C=C/Cc1ccc(C(C)(C)C)cc1. The van der Waals surface area contributed by atoms with E-state index >= 15 is 0 Å². The van der Waals surface area contributed by atoms with Crippen molar-refractivity contribution in [2.45, 2.75) is 32.6 Å². The highest BCUT2D eigenvalue weighted by Gasteiger charge is 2.12. The Bertz CT molecular complexity index is 296. The average Bonchev–Trinajstić information content (AvgIpc) is 2.14. The third kappa shape index (κ3) is 3.02. The van der Waals surface area contributed by atoms with Gasteiger partial charge in [-0.25, -0.2) is 0 Å². The maximum absolute atomic E-state index is 3.68. The van der Waals surface area contributed by atoms with Crippen molar-refractivity contribution in [3.05, 3.63) is 54.5 Å². The Morgan fingerprint density at radius 2 is 1.71 bits per heavy atom. The maximum atomic E-state index is 3.68. The van der Waals surface area contributed by atoms with E-state index in [0.29, 0.717) is 0 Å². The molecule has 0 heterocycles. The van der Waals surface area contributed by atoms with E-state index in [-0.39, 0.29) is 5.41 Å². The standard InChI is InChI=1S/C14H19/c1-5-6-7-12-8-10-13(11-9-12)14(2,3)4/h5-6,8-11H,1,7H2,2-4H3/b6-5+. The zero-order chi connectivity index (χ0) is 10.6. The Balaban J connectivity index is 2.79. The Hall–Kier alpha value is -1.04. The van der Waals surface area contributed by atoms with E-state index in [4.69, 9.17) is 0 Å². The van der Waals surface area contributed by atoms with Crippen molar-refractivity contribution in [2.24, 2.45) is 0 Å².